The Kier molecular flexibility index (Phi) is 8.10. The number of hydrogen-bond acceptors (Lipinski definition) is 4. The van der Waals surface area contributed by atoms with Crippen LogP contribution in [0.15, 0.2) is 36.3 Å². The molecule has 0 unspecified atom stereocenters. The molecule has 1 amide bonds. The highest BCUT2D eigenvalue weighted by Crippen LogP contribution is 2.25. The maximum absolute atomic E-state index is 13.1. The van der Waals surface area contributed by atoms with Crippen molar-refractivity contribution in [2.24, 2.45) is 11.7 Å². The van der Waals surface area contributed by atoms with Crippen LogP contribution in [0.3, 0.4) is 0 Å². The van der Waals surface area contributed by atoms with Crippen molar-refractivity contribution in [1.29, 1.82) is 0 Å². The first-order chi connectivity index (χ1) is 10.5. The molecule has 22 heavy (non-hydrogen) atoms. The van der Waals surface area contributed by atoms with Gasteiger partial charge in [-0.25, -0.2) is 9.18 Å². The maximum atomic E-state index is 13.1. The molecule has 5 nitrogen and oxygen atoms in total. The van der Waals surface area contributed by atoms with Crippen LogP contribution in [0, 0.1) is 5.92 Å². The van der Waals surface area contributed by atoms with Gasteiger partial charge in [-0.3, -0.25) is 5.32 Å². The first kappa shape index (κ1) is 18.1. The van der Waals surface area contributed by atoms with E-state index in [2.05, 4.69) is 17.2 Å². The Labute approximate surface area is 131 Å². The SMILES string of the molecule is C=C(/C=C\C(=C\N)NC(=O)OCC)NCC1CCC(F)CC1. The summed E-state index contributed by atoms with van der Waals surface area (Å²) in [6.45, 7) is 6.69. The van der Waals surface area contributed by atoms with Crippen LogP contribution in [0.4, 0.5) is 9.18 Å². The van der Waals surface area contributed by atoms with Gasteiger partial charge in [-0.2, -0.15) is 0 Å². The molecule has 0 aromatic rings. The molecule has 124 valence electrons. The van der Waals surface area contributed by atoms with E-state index in [-0.39, 0.29) is 0 Å². The average molecular weight is 311 g/mol. The van der Waals surface area contributed by atoms with Gasteiger partial charge in [0, 0.05) is 18.4 Å². The zero-order valence-corrected chi connectivity index (χ0v) is 13.1. The molecule has 0 heterocycles. The number of alkyl carbamates (subject to hydrolysis) is 1. The first-order valence-electron chi connectivity index (χ1n) is 7.65. The number of nitrogens with one attached hydrogen (secondary N) is 2. The van der Waals surface area contributed by atoms with Gasteiger partial charge in [0.15, 0.2) is 0 Å². The van der Waals surface area contributed by atoms with Crippen molar-refractivity contribution in [2.45, 2.75) is 38.8 Å². The first-order valence-corrected chi connectivity index (χ1v) is 7.65. The van der Waals surface area contributed by atoms with Gasteiger partial charge >= 0.3 is 6.09 Å². The lowest BCUT2D eigenvalue weighted by molar-refractivity contribution is 0.155. The van der Waals surface area contributed by atoms with Crippen LogP contribution in [-0.2, 0) is 4.74 Å². The van der Waals surface area contributed by atoms with E-state index in [0.717, 1.165) is 19.4 Å². The van der Waals surface area contributed by atoms with Crippen LogP contribution in [0.1, 0.15) is 32.6 Å². The molecule has 0 atom stereocenters. The molecule has 1 rings (SSSR count). The molecule has 0 spiro atoms. The van der Waals surface area contributed by atoms with Gasteiger partial charge in [0.1, 0.15) is 6.17 Å². The summed E-state index contributed by atoms with van der Waals surface area (Å²) in [5, 5.41) is 5.72. The molecule has 1 aliphatic rings. The zero-order chi connectivity index (χ0) is 16.4. The fraction of sp³-hybridized carbons (Fsp3) is 0.562. The fourth-order valence-corrected chi connectivity index (χ4v) is 2.27. The van der Waals surface area contributed by atoms with Gasteiger partial charge < -0.3 is 15.8 Å². The van der Waals surface area contributed by atoms with Crippen LogP contribution < -0.4 is 16.4 Å². The highest BCUT2D eigenvalue weighted by Gasteiger charge is 2.20. The standard InChI is InChI=1S/C16H26FN3O2/c1-3-22-16(21)20-15(10-18)9-4-12(2)19-11-13-5-7-14(17)8-6-13/h4,9-10,13-14,19H,2-3,5-8,11,18H2,1H3,(H,20,21)/b9-4-,15-10-. The number of halogens is 1. The Morgan fingerprint density at radius 2 is 2.05 bits per heavy atom. The lowest BCUT2D eigenvalue weighted by atomic mass is 9.88. The number of nitrogens with two attached hydrogens (primary N) is 1. The molecule has 1 saturated carbocycles. The van der Waals surface area contributed by atoms with Crippen LogP contribution >= 0.6 is 0 Å². The summed E-state index contributed by atoms with van der Waals surface area (Å²) in [6.07, 6.45) is 6.58. The third kappa shape index (κ3) is 7.15. The molecule has 0 aliphatic heterocycles. The van der Waals surface area contributed by atoms with Crippen molar-refractivity contribution in [3.05, 3.63) is 36.3 Å². The van der Waals surface area contributed by atoms with E-state index in [1.807, 2.05) is 0 Å². The number of carbonyl (C=O) groups is 1. The summed E-state index contributed by atoms with van der Waals surface area (Å²) in [6, 6.07) is 0. The van der Waals surface area contributed by atoms with E-state index < -0.39 is 12.3 Å². The van der Waals surface area contributed by atoms with E-state index in [0.29, 0.717) is 36.8 Å². The molecular weight excluding hydrogens is 285 g/mol. The average Bonchev–Trinajstić information content (AvgIpc) is 2.51. The number of rotatable bonds is 7. The Bertz CT molecular complexity index is 427. The normalized spacial score (nSPS) is 22.4. The highest BCUT2D eigenvalue weighted by atomic mass is 19.1. The molecule has 6 heteroatoms. The van der Waals surface area contributed by atoms with Crippen molar-refractivity contribution in [3.63, 3.8) is 0 Å². The van der Waals surface area contributed by atoms with Crippen molar-refractivity contribution in [3.8, 4) is 0 Å². The lowest BCUT2D eigenvalue weighted by Gasteiger charge is -2.24. The number of hydrogen-bond donors (Lipinski definition) is 3. The van der Waals surface area contributed by atoms with Gasteiger partial charge in [0.25, 0.3) is 0 Å². The van der Waals surface area contributed by atoms with E-state index in [1.54, 1.807) is 19.1 Å². The largest absolute Gasteiger partial charge is 0.450 e. The Morgan fingerprint density at radius 1 is 1.36 bits per heavy atom. The summed E-state index contributed by atoms with van der Waals surface area (Å²) in [7, 11) is 0. The quantitative estimate of drug-likeness (QED) is 0.632. The third-order valence-corrected chi connectivity index (χ3v) is 3.56. The Morgan fingerprint density at radius 3 is 2.64 bits per heavy atom. The summed E-state index contributed by atoms with van der Waals surface area (Å²) in [5.74, 6) is 0.485. The molecule has 0 radical (unpaired) electrons. The predicted octanol–water partition coefficient (Wildman–Crippen LogP) is 2.72. The maximum Gasteiger partial charge on any atom is 0.411 e. The van der Waals surface area contributed by atoms with Crippen molar-refractivity contribution in [2.75, 3.05) is 13.2 Å². The molecule has 0 aromatic heterocycles. The minimum atomic E-state index is -0.634. The smallest absolute Gasteiger partial charge is 0.411 e. The third-order valence-electron chi connectivity index (χ3n) is 3.56. The Balaban J connectivity index is 2.31. The Hall–Kier alpha value is -1.98. The number of amides is 1. The van der Waals surface area contributed by atoms with E-state index in [4.69, 9.17) is 10.5 Å². The molecule has 0 aromatic carbocycles. The van der Waals surface area contributed by atoms with Crippen LogP contribution in [-0.4, -0.2) is 25.4 Å². The van der Waals surface area contributed by atoms with Crippen molar-refractivity contribution < 1.29 is 13.9 Å². The van der Waals surface area contributed by atoms with Gasteiger partial charge in [0.2, 0.25) is 0 Å². The van der Waals surface area contributed by atoms with E-state index >= 15 is 0 Å². The van der Waals surface area contributed by atoms with E-state index in [9.17, 15) is 9.18 Å². The second-order valence-electron chi connectivity index (χ2n) is 5.32. The van der Waals surface area contributed by atoms with Crippen LogP contribution in [0.25, 0.3) is 0 Å². The van der Waals surface area contributed by atoms with Crippen LogP contribution in [0.2, 0.25) is 0 Å². The summed E-state index contributed by atoms with van der Waals surface area (Å²) in [4.78, 5) is 11.3. The molecule has 0 bridgehead atoms. The molecule has 4 N–H and O–H groups in total. The summed E-state index contributed by atoms with van der Waals surface area (Å²) >= 11 is 0. The number of carbonyl (C=O) groups excluding carboxylic acids is 1. The summed E-state index contributed by atoms with van der Waals surface area (Å²) < 4.78 is 17.8. The van der Waals surface area contributed by atoms with Crippen molar-refractivity contribution in [1.82, 2.24) is 10.6 Å². The number of ether oxygens (including phenoxy) is 1. The highest BCUT2D eigenvalue weighted by molar-refractivity contribution is 5.70. The minimum absolute atomic E-state index is 0.294. The fourth-order valence-electron chi connectivity index (χ4n) is 2.27. The van der Waals surface area contributed by atoms with Gasteiger partial charge in [-0.15, -0.1) is 0 Å². The topological polar surface area (TPSA) is 76.4 Å². The van der Waals surface area contributed by atoms with Gasteiger partial charge in [-0.05, 0) is 50.7 Å². The molecule has 1 fully saturated rings. The number of allylic oxidation sites excluding steroid dienone is 2. The van der Waals surface area contributed by atoms with Crippen molar-refractivity contribution >= 4 is 6.09 Å². The second-order valence-corrected chi connectivity index (χ2v) is 5.32. The molecule has 1 aliphatic carbocycles. The minimum Gasteiger partial charge on any atom is -0.450 e. The summed E-state index contributed by atoms with van der Waals surface area (Å²) in [5.41, 5.74) is 6.58. The lowest BCUT2D eigenvalue weighted by Crippen LogP contribution is -2.26. The predicted molar refractivity (Wildman–Crippen MR) is 85.6 cm³/mol. The van der Waals surface area contributed by atoms with Gasteiger partial charge in [0.05, 0.1) is 12.3 Å². The van der Waals surface area contributed by atoms with E-state index in [1.165, 1.54) is 6.20 Å². The molecular formula is C16H26FN3O2. The second kappa shape index (κ2) is 9.87. The zero-order valence-electron chi connectivity index (χ0n) is 13.1. The van der Waals surface area contributed by atoms with Crippen LogP contribution in [0.5, 0.6) is 0 Å². The monoisotopic (exact) mass is 311 g/mol. The van der Waals surface area contributed by atoms with Gasteiger partial charge in [-0.1, -0.05) is 6.58 Å². The number of alkyl halides is 1. The molecule has 0 saturated heterocycles.